The van der Waals surface area contributed by atoms with Crippen LogP contribution in [0.2, 0.25) is 0 Å². The van der Waals surface area contributed by atoms with Crippen molar-refractivity contribution in [1.29, 1.82) is 0 Å². The highest BCUT2D eigenvalue weighted by Gasteiger charge is 2.23. The average molecular weight is 1520 g/mol. The number of hydrogen-bond acceptors (Lipinski definition) is 0. The summed E-state index contributed by atoms with van der Waals surface area (Å²) in [7, 11) is 0. The number of benzene rings is 24. The molecule has 24 rings (SSSR count). The van der Waals surface area contributed by atoms with Gasteiger partial charge in [-0.3, -0.25) is 0 Å². The Bertz CT molecular complexity index is 7980. The van der Waals surface area contributed by atoms with E-state index in [0.29, 0.717) is 0 Å². The van der Waals surface area contributed by atoms with Crippen LogP contribution in [0.15, 0.2) is 473 Å². The minimum atomic E-state index is 1.24. The molecule has 0 atom stereocenters. The molecule has 24 aromatic carbocycles. The van der Waals surface area contributed by atoms with E-state index < -0.39 is 0 Å². The van der Waals surface area contributed by atoms with Crippen LogP contribution in [0.3, 0.4) is 0 Å². The fourth-order valence-corrected chi connectivity index (χ4v) is 19.2. The third kappa shape index (κ3) is 12.7. The van der Waals surface area contributed by atoms with Gasteiger partial charge in [0, 0.05) is 0 Å². The van der Waals surface area contributed by atoms with E-state index in [1.807, 2.05) is 0 Å². The van der Waals surface area contributed by atoms with Crippen molar-refractivity contribution in [3.05, 3.63) is 473 Å². The predicted octanol–water partition coefficient (Wildman–Crippen LogP) is 33.9. The number of hydrogen-bond donors (Lipinski definition) is 0. The summed E-state index contributed by atoms with van der Waals surface area (Å²) in [6.07, 6.45) is 0. The summed E-state index contributed by atoms with van der Waals surface area (Å²) in [6.45, 7) is 0. The van der Waals surface area contributed by atoms with Crippen molar-refractivity contribution in [3.8, 4) is 100 Å². The molecule has 120 heavy (non-hydrogen) atoms. The summed E-state index contributed by atoms with van der Waals surface area (Å²) in [4.78, 5) is 0. The van der Waals surface area contributed by atoms with Crippen LogP contribution in [0.5, 0.6) is 0 Å². The lowest BCUT2D eigenvalue weighted by Gasteiger charge is -2.20. The van der Waals surface area contributed by atoms with Gasteiger partial charge in [-0.25, -0.2) is 0 Å². The molecule has 0 heterocycles. The monoisotopic (exact) mass is 1520 g/mol. The van der Waals surface area contributed by atoms with E-state index in [1.165, 1.54) is 229 Å². The van der Waals surface area contributed by atoms with E-state index >= 15 is 0 Å². The predicted molar refractivity (Wildman–Crippen MR) is 518 cm³/mol. The van der Waals surface area contributed by atoms with Crippen LogP contribution in [0.1, 0.15) is 0 Å². The van der Waals surface area contributed by atoms with Crippen LogP contribution in [0.4, 0.5) is 0 Å². The minimum absolute atomic E-state index is 1.24. The van der Waals surface area contributed by atoms with Crippen LogP contribution in [-0.2, 0) is 0 Å². The standard InChI is InChI=1S/3C40H26/c1-3-13-29-25-31(23-21-27(29)11-1)33-15-5-6-16-34(33)40-37-19-9-7-17-35(37)39(36-18-8-10-20-38(36)40)32-24-22-28-12-2-4-14-30(28)26-32;1-2-13-29-25-32(24-23-27(29)11-1)40-37-20-7-5-18-35(37)39(36-19-6-8-21-38(36)40)31-16-9-15-30(26-31)34-22-10-14-28-12-3-4-17-33(28)34;1-2-12-31-26-32(25-20-27(31)10-1)40-37-17-7-5-15-35(37)39(36-16-6-8-18-38(36)40)30-23-21-29(22-24-30)34-19-9-13-28-11-3-4-14-33(28)34/h3*1-26H. The third-order valence-electron chi connectivity index (χ3n) is 24.7. The Morgan fingerprint density at radius 1 is 0.0833 bits per heavy atom. The van der Waals surface area contributed by atoms with Crippen LogP contribution < -0.4 is 0 Å². The normalized spacial score (nSPS) is 11.5. The van der Waals surface area contributed by atoms with Gasteiger partial charge in [0.25, 0.3) is 0 Å². The molecular weight excluding hydrogens is 1440 g/mol. The molecule has 0 bridgehead atoms. The first-order chi connectivity index (χ1) is 59.5. The molecule has 0 saturated heterocycles. The van der Waals surface area contributed by atoms with Gasteiger partial charge in [-0.05, 0) is 260 Å². The van der Waals surface area contributed by atoms with Gasteiger partial charge in [0.15, 0.2) is 0 Å². The molecule has 0 saturated carbocycles. The number of rotatable bonds is 9. The van der Waals surface area contributed by atoms with Crippen LogP contribution in [0, 0.1) is 0 Å². The zero-order valence-electron chi connectivity index (χ0n) is 66.0. The van der Waals surface area contributed by atoms with E-state index in [1.54, 1.807) is 0 Å². The molecule has 24 aromatic rings. The Hall–Kier alpha value is -15.6. The molecule has 0 aliphatic heterocycles. The zero-order chi connectivity index (χ0) is 79.4. The van der Waals surface area contributed by atoms with Crippen molar-refractivity contribution in [2.45, 2.75) is 0 Å². The second-order valence-electron chi connectivity index (χ2n) is 31.5. The third-order valence-corrected chi connectivity index (χ3v) is 24.7. The van der Waals surface area contributed by atoms with Crippen LogP contribution >= 0.6 is 0 Å². The van der Waals surface area contributed by atoms with Crippen molar-refractivity contribution in [2.24, 2.45) is 0 Å². The first kappa shape index (κ1) is 71.0. The summed E-state index contributed by atoms with van der Waals surface area (Å²) >= 11 is 0. The van der Waals surface area contributed by atoms with Crippen molar-refractivity contribution >= 4 is 129 Å². The first-order valence-electron chi connectivity index (χ1n) is 41.6. The zero-order valence-corrected chi connectivity index (χ0v) is 66.0. The minimum Gasteiger partial charge on any atom is -0.0616 e. The molecule has 0 N–H and O–H groups in total. The second kappa shape index (κ2) is 30.5. The van der Waals surface area contributed by atoms with Crippen LogP contribution in [-0.4, -0.2) is 0 Å². The van der Waals surface area contributed by atoms with Crippen molar-refractivity contribution in [2.75, 3.05) is 0 Å². The molecule has 0 amide bonds. The molecule has 0 nitrogen and oxygen atoms in total. The molecule has 0 aliphatic rings. The van der Waals surface area contributed by atoms with Crippen molar-refractivity contribution in [3.63, 3.8) is 0 Å². The topological polar surface area (TPSA) is 0 Å². The van der Waals surface area contributed by atoms with Crippen molar-refractivity contribution in [1.82, 2.24) is 0 Å². The first-order valence-corrected chi connectivity index (χ1v) is 41.6. The molecule has 0 aliphatic carbocycles. The van der Waals surface area contributed by atoms with E-state index in [2.05, 4.69) is 473 Å². The summed E-state index contributed by atoms with van der Waals surface area (Å²) in [5.41, 5.74) is 22.8. The summed E-state index contributed by atoms with van der Waals surface area (Å²) in [5, 5.41) is 30.6. The molecular formula is C120H78. The Morgan fingerprint density at radius 2 is 0.283 bits per heavy atom. The van der Waals surface area contributed by atoms with E-state index in [9.17, 15) is 0 Å². The van der Waals surface area contributed by atoms with E-state index in [-0.39, 0.29) is 0 Å². The van der Waals surface area contributed by atoms with Gasteiger partial charge in [-0.1, -0.05) is 443 Å². The molecule has 0 spiro atoms. The van der Waals surface area contributed by atoms with E-state index in [4.69, 9.17) is 0 Å². The fourth-order valence-electron chi connectivity index (χ4n) is 19.2. The van der Waals surface area contributed by atoms with Gasteiger partial charge in [0.1, 0.15) is 0 Å². The van der Waals surface area contributed by atoms with E-state index in [0.717, 1.165) is 0 Å². The maximum atomic E-state index is 2.37. The SMILES string of the molecule is c1cc(-c2cccc3ccccc23)cc(-c2c3ccccc3c(-c3ccc4ccccc4c3)c3ccccc23)c1.c1ccc(-c2c3ccccc3c(-c3ccc4ccccc4c3)c3ccccc23)c(-c2ccc3ccccc3c2)c1.c1ccc2cc(-c3c4ccccc4c(-c4ccc(-c5cccc6ccccc56)cc4)c4ccccc34)ccc2c1. The lowest BCUT2D eigenvalue weighted by Crippen LogP contribution is -1.92. The summed E-state index contributed by atoms with van der Waals surface area (Å²) in [5.74, 6) is 0. The second-order valence-corrected chi connectivity index (χ2v) is 31.5. The Labute approximate surface area is 697 Å². The molecule has 0 fully saturated rings. The lowest BCUT2D eigenvalue weighted by molar-refractivity contribution is 1.62. The number of fused-ring (bicyclic) bond motifs is 12. The molecule has 0 radical (unpaired) electrons. The maximum Gasteiger partial charge on any atom is -0.00201 e. The Balaban J connectivity index is 0.000000108. The van der Waals surface area contributed by atoms with Gasteiger partial charge >= 0.3 is 0 Å². The molecule has 0 heteroatoms. The molecule has 558 valence electrons. The van der Waals surface area contributed by atoms with Gasteiger partial charge in [-0.15, -0.1) is 0 Å². The highest BCUT2D eigenvalue weighted by molar-refractivity contribution is 6.26. The highest BCUT2D eigenvalue weighted by Crippen LogP contribution is 2.50. The van der Waals surface area contributed by atoms with Gasteiger partial charge in [0.05, 0.1) is 0 Å². The molecule has 0 unspecified atom stereocenters. The average Bonchev–Trinajstić information content (AvgIpc) is 0.746. The van der Waals surface area contributed by atoms with Gasteiger partial charge in [-0.2, -0.15) is 0 Å². The Morgan fingerprint density at radius 3 is 0.642 bits per heavy atom. The lowest BCUT2D eigenvalue weighted by atomic mass is 9.83. The summed E-state index contributed by atoms with van der Waals surface area (Å²) in [6, 6.07) is 173. The Kier molecular flexibility index (Phi) is 18.1. The highest BCUT2D eigenvalue weighted by atomic mass is 14.3. The summed E-state index contributed by atoms with van der Waals surface area (Å²) < 4.78 is 0. The maximum absolute atomic E-state index is 2.37. The quantitative estimate of drug-likeness (QED) is 0.126. The molecule has 0 aromatic heterocycles. The largest absolute Gasteiger partial charge is 0.0616 e. The fraction of sp³-hybridized carbons (Fsp3) is 0. The smallest absolute Gasteiger partial charge is 0.00201 e. The van der Waals surface area contributed by atoms with Crippen LogP contribution in [0.25, 0.3) is 229 Å². The van der Waals surface area contributed by atoms with Gasteiger partial charge < -0.3 is 0 Å². The van der Waals surface area contributed by atoms with Gasteiger partial charge in [0.2, 0.25) is 0 Å². The van der Waals surface area contributed by atoms with Crippen molar-refractivity contribution < 1.29 is 0 Å².